The number of H-pyrrole nitrogens is 1. The molecule has 3 heterocycles. The summed E-state index contributed by atoms with van der Waals surface area (Å²) in [5.74, 6) is 1.31. The molecule has 0 spiro atoms. The van der Waals surface area contributed by atoms with Gasteiger partial charge in [0, 0.05) is 29.3 Å². The predicted octanol–water partition coefficient (Wildman–Crippen LogP) is 6.36. The second-order valence-corrected chi connectivity index (χ2v) is 10.7. The molecule has 174 valence electrons. The van der Waals surface area contributed by atoms with E-state index in [2.05, 4.69) is 20.5 Å². The Morgan fingerprint density at radius 3 is 2.58 bits per heavy atom. The zero-order valence-corrected chi connectivity index (χ0v) is 20.5. The van der Waals surface area contributed by atoms with E-state index >= 15 is 0 Å². The number of benzene rings is 1. The fraction of sp³-hybridized carbons (Fsp3) is 0.375. The third kappa shape index (κ3) is 6.65. The van der Waals surface area contributed by atoms with Crippen molar-refractivity contribution in [1.82, 2.24) is 20.1 Å². The molecule has 4 rings (SSSR count). The number of aromatic amines is 1. The van der Waals surface area contributed by atoms with Gasteiger partial charge in [0.05, 0.1) is 5.69 Å². The van der Waals surface area contributed by atoms with Crippen molar-refractivity contribution < 1.29 is 9.53 Å². The highest BCUT2D eigenvalue weighted by molar-refractivity contribution is 8.00. The van der Waals surface area contributed by atoms with Gasteiger partial charge in [0.25, 0.3) is 0 Å². The largest absolute Gasteiger partial charge is 0.444 e. The summed E-state index contributed by atoms with van der Waals surface area (Å²) in [4.78, 5) is 19.5. The van der Waals surface area contributed by atoms with Gasteiger partial charge in [0.2, 0.25) is 0 Å². The minimum atomic E-state index is -0.476. The van der Waals surface area contributed by atoms with Crippen molar-refractivity contribution in [3.05, 3.63) is 53.7 Å². The smallest absolute Gasteiger partial charge is 0.410 e. The lowest BCUT2D eigenvalue weighted by Gasteiger charge is -2.33. The minimum absolute atomic E-state index is 0.238. The summed E-state index contributed by atoms with van der Waals surface area (Å²) >= 11 is 8.06. The molecule has 0 unspecified atom stereocenters. The van der Waals surface area contributed by atoms with Crippen molar-refractivity contribution in [3.63, 3.8) is 0 Å². The quantitative estimate of drug-likeness (QED) is 0.409. The maximum atomic E-state index is 12.3. The number of likely N-dealkylation sites (tertiary alicyclic amines) is 1. The van der Waals surface area contributed by atoms with E-state index in [1.54, 1.807) is 16.7 Å². The van der Waals surface area contributed by atoms with Crippen LogP contribution in [0.3, 0.4) is 0 Å². The Hall–Kier alpha value is -2.71. The lowest BCUT2D eigenvalue weighted by atomic mass is 10.1. The van der Waals surface area contributed by atoms with E-state index in [1.807, 2.05) is 69.3 Å². The summed E-state index contributed by atoms with van der Waals surface area (Å²) in [5.41, 5.74) is 1.51. The molecule has 1 amide bonds. The summed E-state index contributed by atoms with van der Waals surface area (Å²) in [7, 11) is 0. The van der Waals surface area contributed by atoms with Crippen LogP contribution >= 0.6 is 23.4 Å². The first kappa shape index (κ1) is 23.4. The zero-order valence-electron chi connectivity index (χ0n) is 19.0. The van der Waals surface area contributed by atoms with Crippen molar-refractivity contribution in [2.24, 2.45) is 0 Å². The maximum absolute atomic E-state index is 12.3. The molecule has 2 N–H and O–H groups in total. The molecule has 33 heavy (non-hydrogen) atoms. The van der Waals surface area contributed by atoms with Crippen molar-refractivity contribution >= 4 is 41.1 Å². The molecular formula is C24H28ClN5O2S. The fourth-order valence-corrected chi connectivity index (χ4v) is 5.03. The standard InChI is InChI=1S/C24H28ClN5O2S/c1-24(2,3)32-23(31)30-11-9-17(10-12-30)33-18-13-20(25)26-21(14-18)27-22-15-19(28-29-22)16-7-5-4-6-8-16/h4-8,13-15,17H,9-12H2,1-3H3,(H2,26,27,28,29). The van der Waals surface area contributed by atoms with Crippen LogP contribution in [-0.4, -0.2) is 50.1 Å². The zero-order chi connectivity index (χ0) is 23.4. The number of hydrogen-bond donors (Lipinski definition) is 2. The molecule has 1 aliphatic heterocycles. The molecule has 9 heteroatoms. The Bertz CT molecular complexity index is 1090. The molecule has 0 atom stereocenters. The summed E-state index contributed by atoms with van der Waals surface area (Å²) in [6, 6.07) is 15.8. The molecule has 1 saturated heterocycles. The molecule has 7 nitrogen and oxygen atoms in total. The predicted molar refractivity (Wildman–Crippen MR) is 133 cm³/mol. The number of anilines is 2. The van der Waals surface area contributed by atoms with Gasteiger partial charge in [-0.05, 0) is 51.3 Å². The topological polar surface area (TPSA) is 83.1 Å². The number of piperidine rings is 1. The summed E-state index contributed by atoms with van der Waals surface area (Å²) < 4.78 is 5.49. The van der Waals surface area contributed by atoms with Crippen LogP contribution in [0.2, 0.25) is 5.15 Å². The second kappa shape index (κ2) is 10.1. The monoisotopic (exact) mass is 485 g/mol. The van der Waals surface area contributed by atoms with Gasteiger partial charge in [-0.25, -0.2) is 9.78 Å². The van der Waals surface area contributed by atoms with E-state index in [0.29, 0.717) is 35.1 Å². The molecule has 1 aliphatic rings. The first-order valence-electron chi connectivity index (χ1n) is 11.0. The Balaban J connectivity index is 1.36. The van der Waals surface area contributed by atoms with Crippen LogP contribution in [0.15, 0.2) is 53.4 Å². The highest BCUT2D eigenvalue weighted by Gasteiger charge is 2.27. The van der Waals surface area contributed by atoms with Gasteiger partial charge in [-0.2, -0.15) is 5.10 Å². The van der Waals surface area contributed by atoms with Gasteiger partial charge in [-0.1, -0.05) is 41.9 Å². The lowest BCUT2D eigenvalue weighted by molar-refractivity contribution is 0.0219. The maximum Gasteiger partial charge on any atom is 0.410 e. The van der Waals surface area contributed by atoms with E-state index in [9.17, 15) is 4.79 Å². The number of rotatable bonds is 5. The van der Waals surface area contributed by atoms with Crippen molar-refractivity contribution in [3.8, 4) is 11.3 Å². The average Bonchev–Trinajstić information content (AvgIpc) is 3.22. The van der Waals surface area contributed by atoms with Crippen LogP contribution < -0.4 is 5.32 Å². The first-order valence-corrected chi connectivity index (χ1v) is 12.2. The Morgan fingerprint density at radius 2 is 1.88 bits per heavy atom. The second-order valence-electron chi connectivity index (χ2n) is 8.95. The van der Waals surface area contributed by atoms with E-state index in [-0.39, 0.29) is 6.09 Å². The molecule has 0 saturated carbocycles. The number of nitrogens with one attached hydrogen (secondary N) is 2. The molecule has 1 fully saturated rings. The molecular weight excluding hydrogens is 458 g/mol. The van der Waals surface area contributed by atoms with E-state index < -0.39 is 5.60 Å². The van der Waals surface area contributed by atoms with E-state index in [0.717, 1.165) is 29.0 Å². The number of nitrogens with zero attached hydrogens (tertiary/aromatic N) is 3. The summed E-state index contributed by atoms with van der Waals surface area (Å²) in [6.45, 7) is 7.03. The van der Waals surface area contributed by atoms with Gasteiger partial charge in [0.15, 0.2) is 5.82 Å². The van der Waals surface area contributed by atoms with Gasteiger partial charge in [-0.3, -0.25) is 5.10 Å². The number of halogens is 1. The number of amides is 1. The molecule has 1 aromatic carbocycles. The lowest BCUT2D eigenvalue weighted by Crippen LogP contribution is -2.42. The number of pyridine rings is 1. The van der Waals surface area contributed by atoms with Crippen LogP contribution in [0.25, 0.3) is 11.3 Å². The Morgan fingerprint density at radius 1 is 1.15 bits per heavy atom. The van der Waals surface area contributed by atoms with Crippen LogP contribution in [0.4, 0.5) is 16.4 Å². The number of thioether (sulfide) groups is 1. The Kier molecular flexibility index (Phi) is 7.14. The van der Waals surface area contributed by atoms with Gasteiger partial charge < -0.3 is 15.0 Å². The van der Waals surface area contributed by atoms with Crippen LogP contribution in [-0.2, 0) is 4.74 Å². The Labute approximate surface area is 203 Å². The minimum Gasteiger partial charge on any atom is -0.444 e. The number of ether oxygens (including phenoxy) is 1. The highest BCUT2D eigenvalue weighted by atomic mass is 35.5. The highest BCUT2D eigenvalue weighted by Crippen LogP contribution is 2.33. The van der Waals surface area contributed by atoms with Gasteiger partial charge in [-0.15, -0.1) is 11.8 Å². The number of carbonyl (C=O) groups excluding carboxylic acids is 1. The summed E-state index contributed by atoms with van der Waals surface area (Å²) in [6.07, 6.45) is 1.55. The van der Waals surface area contributed by atoms with E-state index in [4.69, 9.17) is 16.3 Å². The fourth-order valence-electron chi connectivity index (χ4n) is 3.56. The number of hydrogen-bond acceptors (Lipinski definition) is 6. The normalized spacial score (nSPS) is 14.8. The molecule has 0 bridgehead atoms. The third-order valence-corrected chi connectivity index (χ3v) is 6.59. The average molecular weight is 486 g/mol. The molecule has 3 aromatic rings. The molecule has 0 aliphatic carbocycles. The van der Waals surface area contributed by atoms with Crippen molar-refractivity contribution in [1.29, 1.82) is 0 Å². The summed E-state index contributed by atoms with van der Waals surface area (Å²) in [5, 5.41) is 11.4. The number of aromatic nitrogens is 3. The molecule has 2 aromatic heterocycles. The van der Waals surface area contributed by atoms with Crippen molar-refractivity contribution in [2.45, 2.75) is 49.4 Å². The van der Waals surface area contributed by atoms with Gasteiger partial charge >= 0.3 is 6.09 Å². The SMILES string of the molecule is CC(C)(C)OC(=O)N1CCC(Sc2cc(Cl)nc(Nc3cc(-c4ccccc4)[nH]n3)c2)CC1. The van der Waals surface area contributed by atoms with Gasteiger partial charge in [0.1, 0.15) is 16.6 Å². The number of carbonyl (C=O) groups is 1. The van der Waals surface area contributed by atoms with E-state index in [1.165, 1.54) is 0 Å². The van der Waals surface area contributed by atoms with Crippen molar-refractivity contribution in [2.75, 3.05) is 18.4 Å². The molecule has 0 radical (unpaired) electrons. The van der Waals surface area contributed by atoms with Crippen LogP contribution in [0.1, 0.15) is 33.6 Å². The van der Waals surface area contributed by atoms with Crippen LogP contribution in [0, 0.1) is 0 Å². The van der Waals surface area contributed by atoms with Crippen LogP contribution in [0.5, 0.6) is 0 Å². The first-order chi connectivity index (χ1) is 15.7. The third-order valence-electron chi connectivity index (χ3n) is 5.08.